The lowest BCUT2D eigenvalue weighted by Gasteiger charge is -2.11. The number of hydrogen-bond acceptors (Lipinski definition) is 6. The summed E-state index contributed by atoms with van der Waals surface area (Å²) in [6.45, 7) is 1.83. The summed E-state index contributed by atoms with van der Waals surface area (Å²) in [7, 11) is -8.30. The van der Waals surface area contributed by atoms with Crippen molar-refractivity contribution in [3.63, 3.8) is 0 Å². The number of nitrogens with one attached hydrogen (secondary N) is 2. The van der Waals surface area contributed by atoms with Crippen molar-refractivity contribution in [2.45, 2.75) is 29.1 Å². The highest BCUT2D eigenvalue weighted by Crippen LogP contribution is 2.40. The smallest absolute Gasteiger partial charge is 0.200 e. The SMILES string of the molecule is Cc1ccc(-c2cc(C(F)(F)F)nn2NS(=O)(=O)c2ccccc2)cc1.O=S(=O)(Nn1nc(C(F)(F)F)c(Cl)c1-c1ccc(Cl)cc1)c1ccccc1. The number of aryl methyl sites for hydroxylation is 1. The molecule has 0 saturated heterocycles. The molecule has 2 heterocycles. The summed E-state index contributed by atoms with van der Waals surface area (Å²) in [6.07, 6.45) is -9.58. The van der Waals surface area contributed by atoms with Gasteiger partial charge < -0.3 is 0 Å². The average molecular weight is 818 g/mol. The van der Waals surface area contributed by atoms with Crippen LogP contribution in [0.15, 0.2) is 125 Å². The zero-order valence-electron chi connectivity index (χ0n) is 26.7. The molecule has 2 aromatic heterocycles. The van der Waals surface area contributed by atoms with Crippen LogP contribution in [0.1, 0.15) is 17.0 Å². The zero-order valence-corrected chi connectivity index (χ0v) is 29.9. The van der Waals surface area contributed by atoms with Crippen LogP contribution < -0.4 is 9.66 Å². The Kier molecular flexibility index (Phi) is 11.2. The second kappa shape index (κ2) is 15.1. The minimum absolute atomic E-state index is 0.0168. The van der Waals surface area contributed by atoms with Crippen LogP contribution in [0, 0.1) is 6.92 Å². The van der Waals surface area contributed by atoms with E-state index in [-0.39, 0.29) is 26.7 Å². The van der Waals surface area contributed by atoms with Crippen LogP contribution in [0.3, 0.4) is 0 Å². The van der Waals surface area contributed by atoms with E-state index < -0.39 is 48.8 Å². The van der Waals surface area contributed by atoms with Crippen LogP contribution in [0.4, 0.5) is 26.3 Å². The van der Waals surface area contributed by atoms with Crippen molar-refractivity contribution in [3.8, 4) is 22.5 Å². The van der Waals surface area contributed by atoms with Gasteiger partial charge in [-0.05, 0) is 49.4 Å². The monoisotopic (exact) mass is 816 g/mol. The van der Waals surface area contributed by atoms with Gasteiger partial charge in [0.1, 0.15) is 10.7 Å². The Morgan fingerprint density at radius 1 is 0.604 bits per heavy atom. The maximum absolute atomic E-state index is 13.2. The van der Waals surface area contributed by atoms with E-state index in [1.807, 2.05) is 11.8 Å². The number of rotatable bonds is 8. The van der Waals surface area contributed by atoms with Crippen LogP contribution in [-0.2, 0) is 32.4 Å². The van der Waals surface area contributed by atoms with Crippen molar-refractivity contribution >= 4 is 43.2 Å². The normalized spacial score (nSPS) is 12.2. The highest BCUT2D eigenvalue weighted by molar-refractivity contribution is 7.92. The average Bonchev–Trinajstić information content (AvgIpc) is 3.67. The largest absolute Gasteiger partial charge is 0.436 e. The molecule has 0 aliphatic rings. The molecule has 6 rings (SSSR count). The van der Waals surface area contributed by atoms with Gasteiger partial charge >= 0.3 is 12.4 Å². The van der Waals surface area contributed by atoms with E-state index in [4.69, 9.17) is 23.2 Å². The van der Waals surface area contributed by atoms with E-state index in [9.17, 15) is 43.2 Å². The number of benzene rings is 4. The molecule has 0 saturated carbocycles. The molecule has 0 amide bonds. The molecule has 4 aromatic carbocycles. The lowest BCUT2D eigenvalue weighted by atomic mass is 10.1. The third-order valence-electron chi connectivity index (χ3n) is 7.08. The van der Waals surface area contributed by atoms with Gasteiger partial charge in [0.15, 0.2) is 11.4 Å². The van der Waals surface area contributed by atoms with Gasteiger partial charge in [0.05, 0.1) is 15.5 Å². The number of hydrogen-bond donors (Lipinski definition) is 2. The van der Waals surface area contributed by atoms with Gasteiger partial charge in [0.2, 0.25) is 0 Å². The summed E-state index contributed by atoms with van der Waals surface area (Å²) in [5.41, 5.74) is -1.37. The summed E-state index contributed by atoms with van der Waals surface area (Å²) in [4.78, 5) is 5.00. The van der Waals surface area contributed by atoms with Crippen LogP contribution in [0.5, 0.6) is 0 Å². The van der Waals surface area contributed by atoms with Crippen LogP contribution in [-0.4, -0.2) is 36.6 Å². The minimum Gasteiger partial charge on any atom is -0.200 e. The molecule has 2 N–H and O–H groups in total. The number of halogens is 8. The molecule has 53 heavy (non-hydrogen) atoms. The van der Waals surface area contributed by atoms with E-state index >= 15 is 0 Å². The first-order valence-corrected chi connectivity index (χ1v) is 18.5. The van der Waals surface area contributed by atoms with Gasteiger partial charge in [0.25, 0.3) is 20.0 Å². The van der Waals surface area contributed by atoms with E-state index in [2.05, 4.69) is 15.0 Å². The van der Waals surface area contributed by atoms with Crippen molar-refractivity contribution < 1.29 is 43.2 Å². The first-order valence-electron chi connectivity index (χ1n) is 14.8. The molecule has 6 aromatic rings. The number of aromatic nitrogens is 4. The highest BCUT2D eigenvalue weighted by Gasteiger charge is 2.40. The highest BCUT2D eigenvalue weighted by atomic mass is 35.5. The molecule has 0 aliphatic carbocycles. The van der Waals surface area contributed by atoms with Crippen molar-refractivity contribution in [1.82, 2.24) is 19.8 Å². The molecular weight excluding hydrogens is 793 g/mol. The Balaban J connectivity index is 0.000000204. The second-order valence-corrected chi connectivity index (χ2v) is 15.1. The molecule has 0 spiro atoms. The van der Waals surface area contributed by atoms with Crippen molar-refractivity contribution in [2.75, 3.05) is 9.66 Å². The molecule has 0 bridgehead atoms. The fourth-order valence-corrected chi connectivity index (χ4v) is 6.98. The van der Waals surface area contributed by atoms with Gasteiger partial charge in [-0.3, -0.25) is 0 Å². The summed E-state index contributed by atoms with van der Waals surface area (Å²) in [5, 5.41) is 6.33. The van der Waals surface area contributed by atoms with Crippen LogP contribution in [0.2, 0.25) is 10.0 Å². The fraction of sp³-hybridized carbons (Fsp3) is 0.0909. The Hall–Kier alpha value is -5.04. The van der Waals surface area contributed by atoms with Gasteiger partial charge in [-0.15, -0.1) is 10.2 Å². The molecular formula is C33H24Cl2F6N6O4S2. The number of sulfonamides is 2. The summed E-state index contributed by atoms with van der Waals surface area (Å²) >= 11 is 11.7. The van der Waals surface area contributed by atoms with Gasteiger partial charge in [-0.1, -0.05) is 102 Å². The molecule has 20 heteroatoms. The van der Waals surface area contributed by atoms with E-state index in [1.165, 1.54) is 72.8 Å². The summed E-state index contributed by atoms with van der Waals surface area (Å²) < 4.78 is 129. The Morgan fingerprint density at radius 3 is 1.55 bits per heavy atom. The fourth-order valence-electron chi connectivity index (χ4n) is 4.55. The lowest BCUT2D eigenvalue weighted by Crippen LogP contribution is -2.25. The van der Waals surface area contributed by atoms with E-state index in [0.717, 1.165) is 11.6 Å². The molecule has 278 valence electrons. The summed E-state index contributed by atoms with van der Waals surface area (Å²) in [6, 6.07) is 27.6. The molecule has 0 atom stereocenters. The Labute approximate surface area is 308 Å². The number of nitrogens with zero attached hydrogens (tertiary/aromatic N) is 4. The van der Waals surface area contributed by atoms with Crippen molar-refractivity contribution in [3.05, 3.63) is 142 Å². The maximum atomic E-state index is 13.2. The molecule has 0 aliphatic heterocycles. The topological polar surface area (TPSA) is 128 Å². The van der Waals surface area contributed by atoms with Gasteiger partial charge in [0, 0.05) is 16.1 Å². The minimum atomic E-state index is -4.87. The maximum Gasteiger partial charge on any atom is 0.436 e. The van der Waals surface area contributed by atoms with Crippen molar-refractivity contribution in [2.24, 2.45) is 0 Å². The third kappa shape index (κ3) is 9.31. The second-order valence-electron chi connectivity index (χ2n) is 10.9. The van der Waals surface area contributed by atoms with Gasteiger partial charge in [-0.2, -0.15) is 62.4 Å². The first-order chi connectivity index (χ1) is 24.8. The Morgan fingerprint density at radius 2 is 1.08 bits per heavy atom. The quantitative estimate of drug-likeness (QED) is 0.148. The zero-order chi connectivity index (χ0) is 38.8. The molecule has 0 radical (unpaired) electrons. The molecule has 10 nitrogen and oxygen atoms in total. The van der Waals surface area contributed by atoms with E-state index in [0.29, 0.717) is 20.2 Å². The predicted octanol–water partition coefficient (Wildman–Crippen LogP) is 8.62. The molecule has 0 unspecified atom stereocenters. The van der Waals surface area contributed by atoms with Crippen LogP contribution in [0.25, 0.3) is 22.5 Å². The first kappa shape index (κ1) is 39.2. The Bertz CT molecular complexity index is 2420. The molecule has 0 fully saturated rings. The standard InChI is InChI=1S/C17H14F3N3O2S.C16H10Cl2F3N3O2S/c1-12-7-9-13(10-8-12)15-11-16(17(18,19)20)21-23(15)22-26(24,25)14-5-3-2-4-6-14;17-11-8-6-10(7-9-11)14-13(18)15(16(19,20)21)22-24(14)23-27(25,26)12-4-2-1-3-5-12/h2-11,22H,1H3;1-9,23H. The van der Waals surface area contributed by atoms with E-state index in [1.54, 1.807) is 36.4 Å². The number of alkyl halides is 6. The van der Waals surface area contributed by atoms with Gasteiger partial charge in [-0.25, -0.2) is 0 Å². The van der Waals surface area contributed by atoms with Crippen molar-refractivity contribution in [1.29, 1.82) is 0 Å². The summed E-state index contributed by atoms with van der Waals surface area (Å²) in [5.74, 6) is 0. The van der Waals surface area contributed by atoms with Crippen LogP contribution >= 0.6 is 23.2 Å². The predicted molar refractivity (Wildman–Crippen MR) is 186 cm³/mol. The third-order valence-corrected chi connectivity index (χ3v) is 10.3. The lowest BCUT2D eigenvalue weighted by molar-refractivity contribution is -0.142.